The molecule has 0 saturated carbocycles. The number of nitrogens with zero attached hydrogens (tertiary/aromatic N) is 1. The van der Waals surface area contributed by atoms with Crippen LogP contribution in [0.15, 0.2) is 66.7 Å². The molecule has 0 unspecified atom stereocenters. The standard InChI is InChI=1S/C26H25ClN2O2S/c1-18-6-2-3-7-21(18)26(31)28-19-14-16-29(17-15-19)25(30)13-11-20-10-12-24(32-20)22-8-4-5-9-23(22)27/h2-13,19H,14-17H2,1H3,(H,28,31)/b13-11+. The molecule has 1 aromatic heterocycles. The molecule has 0 atom stereocenters. The summed E-state index contributed by atoms with van der Waals surface area (Å²) in [5, 5.41) is 3.83. The Morgan fingerprint density at radius 1 is 1.03 bits per heavy atom. The monoisotopic (exact) mass is 464 g/mol. The van der Waals surface area contributed by atoms with Crippen molar-refractivity contribution < 1.29 is 9.59 Å². The molecular weight excluding hydrogens is 440 g/mol. The Kier molecular flexibility index (Phi) is 7.08. The lowest BCUT2D eigenvalue weighted by Crippen LogP contribution is -2.46. The Labute approximate surface area is 197 Å². The van der Waals surface area contributed by atoms with Gasteiger partial charge in [0, 0.05) is 51.1 Å². The Hall–Kier alpha value is -2.89. The summed E-state index contributed by atoms with van der Waals surface area (Å²) in [4.78, 5) is 29.1. The number of amides is 2. The number of thiophene rings is 1. The molecule has 2 aromatic carbocycles. The van der Waals surface area contributed by atoms with Crippen LogP contribution < -0.4 is 5.32 Å². The molecule has 0 aliphatic carbocycles. The van der Waals surface area contributed by atoms with Gasteiger partial charge in [0.15, 0.2) is 0 Å². The quantitative estimate of drug-likeness (QED) is 0.484. The number of aryl methyl sites for hydroxylation is 1. The van der Waals surface area contributed by atoms with Gasteiger partial charge in [0.2, 0.25) is 5.91 Å². The zero-order valence-corrected chi connectivity index (χ0v) is 19.5. The van der Waals surface area contributed by atoms with Gasteiger partial charge in [-0.1, -0.05) is 48.0 Å². The molecule has 6 heteroatoms. The van der Waals surface area contributed by atoms with Gasteiger partial charge in [-0.25, -0.2) is 0 Å². The topological polar surface area (TPSA) is 49.4 Å². The van der Waals surface area contributed by atoms with Gasteiger partial charge in [0.1, 0.15) is 0 Å². The normalized spacial score (nSPS) is 14.6. The van der Waals surface area contributed by atoms with Crippen molar-refractivity contribution in [3.05, 3.63) is 87.8 Å². The molecule has 1 aliphatic heterocycles. The third kappa shape index (κ3) is 5.29. The van der Waals surface area contributed by atoms with E-state index in [1.54, 1.807) is 17.4 Å². The fourth-order valence-corrected chi connectivity index (χ4v) is 5.09. The number of carbonyl (C=O) groups excluding carboxylic acids is 2. The first-order valence-corrected chi connectivity index (χ1v) is 11.9. The van der Waals surface area contributed by atoms with Crippen molar-refractivity contribution in [2.45, 2.75) is 25.8 Å². The lowest BCUT2D eigenvalue weighted by molar-refractivity contribution is -0.126. The number of nitrogens with one attached hydrogen (secondary N) is 1. The number of halogens is 1. The van der Waals surface area contributed by atoms with E-state index in [4.69, 9.17) is 11.6 Å². The van der Waals surface area contributed by atoms with E-state index in [0.717, 1.165) is 38.7 Å². The zero-order valence-electron chi connectivity index (χ0n) is 17.9. The van der Waals surface area contributed by atoms with Crippen molar-refractivity contribution in [1.29, 1.82) is 0 Å². The molecule has 3 aromatic rings. The van der Waals surface area contributed by atoms with Gasteiger partial charge in [0.25, 0.3) is 5.91 Å². The number of likely N-dealkylation sites (tertiary alicyclic amines) is 1. The average molecular weight is 465 g/mol. The molecule has 4 nitrogen and oxygen atoms in total. The summed E-state index contributed by atoms with van der Waals surface area (Å²) in [7, 11) is 0. The minimum Gasteiger partial charge on any atom is -0.349 e. The first kappa shape index (κ1) is 22.3. The van der Waals surface area contributed by atoms with Crippen LogP contribution in [0.5, 0.6) is 0 Å². The van der Waals surface area contributed by atoms with Crippen molar-refractivity contribution in [3.63, 3.8) is 0 Å². The first-order chi connectivity index (χ1) is 15.5. The van der Waals surface area contributed by atoms with Gasteiger partial charge < -0.3 is 10.2 Å². The highest BCUT2D eigenvalue weighted by atomic mass is 35.5. The predicted octanol–water partition coefficient (Wildman–Crippen LogP) is 5.81. The Balaban J connectivity index is 1.29. The SMILES string of the molecule is Cc1ccccc1C(=O)NC1CCN(C(=O)/C=C/c2ccc(-c3ccccc3Cl)s2)CC1. The van der Waals surface area contributed by atoms with Gasteiger partial charge in [-0.2, -0.15) is 0 Å². The van der Waals surface area contributed by atoms with E-state index in [1.807, 2.05) is 78.6 Å². The van der Waals surface area contributed by atoms with Crippen LogP contribution in [0.3, 0.4) is 0 Å². The molecule has 2 heterocycles. The average Bonchev–Trinajstić information content (AvgIpc) is 3.27. The number of hydrogen-bond acceptors (Lipinski definition) is 3. The summed E-state index contributed by atoms with van der Waals surface area (Å²) in [5.41, 5.74) is 2.68. The van der Waals surface area contributed by atoms with Gasteiger partial charge in [-0.3, -0.25) is 9.59 Å². The second-order valence-electron chi connectivity index (χ2n) is 7.90. The third-order valence-electron chi connectivity index (χ3n) is 5.69. The number of piperidine rings is 1. The molecule has 4 rings (SSSR count). The zero-order chi connectivity index (χ0) is 22.5. The highest BCUT2D eigenvalue weighted by Crippen LogP contribution is 2.33. The molecule has 0 bridgehead atoms. The maximum absolute atomic E-state index is 12.6. The third-order valence-corrected chi connectivity index (χ3v) is 7.10. The van der Waals surface area contributed by atoms with Gasteiger partial charge in [-0.05, 0) is 55.7 Å². The smallest absolute Gasteiger partial charge is 0.251 e. The van der Waals surface area contributed by atoms with E-state index in [1.165, 1.54) is 0 Å². The molecular formula is C26H25ClN2O2S. The summed E-state index contributed by atoms with van der Waals surface area (Å²) in [6, 6.07) is 19.5. The van der Waals surface area contributed by atoms with Crippen molar-refractivity contribution >= 4 is 40.8 Å². The van der Waals surface area contributed by atoms with E-state index >= 15 is 0 Å². The first-order valence-electron chi connectivity index (χ1n) is 10.7. The van der Waals surface area contributed by atoms with E-state index in [-0.39, 0.29) is 17.9 Å². The highest BCUT2D eigenvalue weighted by molar-refractivity contribution is 7.16. The van der Waals surface area contributed by atoms with Crippen LogP contribution >= 0.6 is 22.9 Å². The van der Waals surface area contributed by atoms with Crippen molar-refractivity contribution in [3.8, 4) is 10.4 Å². The summed E-state index contributed by atoms with van der Waals surface area (Å²) in [6.45, 7) is 3.21. The Morgan fingerprint density at radius 3 is 2.50 bits per heavy atom. The van der Waals surface area contributed by atoms with Gasteiger partial charge >= 0.3 is 0 Å². The van der Waals surface area contributed by atoms with Crippen LogP contribution in [0.25, 0.3) is 16.5 Å². The van der Waals surface area contributed by atoms with E-state index in [2.05, 4.69) is 5.32 Å². The second kappa shape index (κ2) is 10.2. The van der Waals surface area contributed by atoms with Gasteiger partial charge in [0.05, 0.1) is 0 Å². The molecule has 1 aliphatic rings. The highest BCUT2D eigenvalue weighted by Gasteiger charge is 2.23. The minimum absolute atomic E-state index is 0.00127. The van der Waals surface area contributed by atoms with E-state index in [9.17, 15) is 9.59 Å². The molecule has 32 heavy (non-hydrogen) atoms. The van der Waals surface area contributed by atoms with Crippen LogP contribution in [0.2, 0.25) is 5.02 Å². The molecule has 1 saturated heterocycles. The second-order valence-corrected chi connectivity index (χ2v) is 9.43. The van der Waals surface area contributed by atoms with Crippen LogP contribution in [0, 0.1) is 6.92 Å². The van der Waals surface area contributed by atoms with Crippen LogP contribution in [-0.2, 0) is 4.79 Å². The minimum atomic E-state index is -0.0419. The summed E-state index contributed by atoms with van der Waals surface area (Å²) in [5.74, 6) is -0.0406. The predicted molar refractivity (Wildman–Crippen MR) is 132 cm³/mol. The Bertz CT molecular complexity index is 1150. The molecule has 1 N–H and O–H groups in total. The maximum Gasteiger partial charge on any atom is 0.251 e. The van der Waals surface area contributed by atoms with Gasteiger partial charge in [-0.15, -0.1) is 11.3 Å². The molecule has 0 spiro atoms. The summed E-state index contributed by atoms with van der Waals surface area (Å²) < 4.78 is 0. The number of carbonyl (C=O) groups is 2. The van der Waals surface area contributed by atoms with E-state index < -0.39 is 0 Å². The molecule has 0 radical (unpaired) electrons. The number of hydrogen-bond donors (Lipinski definition) is 1. The molecule has 164 valence electrons. The molecule has 2 amide bonds. The van der Waals surface area contributed by atoms with Crippen molar-refractivity contribution in [2.24, 2.45) is 0 Å². The maximum atomic E-state index is 12.6. The lowest BCUT2D eigenvalue weighted by atomic mass is 10.0. The summed E-state index contributed by atoms with van der Waals surface area (Å²) >= 11 is 7.89. The number of rotatable bonds is 5. The summed E-state index contributed by atoms with van der Waals surface area (Å²) in [6.07, 6.45) is 5.01. The number of benzene rings is 2. The van der Waals surface area contributed by atoms with E-state index in [0.29, 0.717) is 18.7 Å². The Morgan fingerprint density at radius 2 is 1.75 bits per heavy atom. The van der Waals surface area contributed by atoms with Crippen LogP contribution in [-0.4, -0.2) is 35.8 Å². The lowest BCUT2D eigenvalue weighted by Gasteiger charge is -2.31. The van der Waals surface area contributed by atoms with Crippen LogP contribution in [0.1, 0.15) is 33.6 Å². The fraction of sp³-hybridized carbons (Fsp3) is 0.231. The van der Waals surface area contributed by atoms with Crippen LogP contribution in [0.4, 0.5) is 0 Å². The largest absolute Gasteiger partial charge is 0.349 e. The fourth-order valence-electron chi connectivity index (χ4n) is 3.84. The molecule has 1 fully saturated rings. The van der Waals surface area contributed by atoms with Crippen molar-refractivity contribution in [2.75, 3.05) is 13.1 Å². The van der Waals surface area contributed by atoms with Crippen molar-refractivity contribution in [1.82, 2.24) is 10.2 Å².